The third-order valence-electron chi connectivity index (χ3n) is 5.64. The molecule has 7 nitrogen and oxygen atoms in total. The Morgan fingerprint density at radius 2 is 1.90 bits per heavy atom. The molecule has 0 spiro atoms. The summed E-state index contributed by atoms with van der Waals surface area (Å²) in [5, 5.41) is 3.13. The van der Waals surface area contributed by atoms with Gasteiger partial charge in [0.05, 0.1) is 19.3 Å². The van der Waals surface area contributed by atoms with Crippen molar-refractivity contribution in [3.63, 3.8) is 0 Å². The van der Waals surface area contributed by atoms with Crippen molar-refractivity contribution in [3.8, 4) is 0 Å². The highest BCUT2D eigenvalue weighted by atomic mass is 16.5. The van der Waals surface area contributed by atoms with Gasteiger partial charge in [-0.25, -0.2) is 9.78 Å². The highest BCUT2D eigenvalue weighted by Gasteiger charge is 2.30. The molecule has 2 amide bonds. The van der Waals surface area contributed by atoms with E-state index < -0.39 is 0 Å². The predicted octanol–water partition coefficient (Wildman–Crippen LogP) is 2.12. The van der Waals surface area contributed by atoms with Crippen molar-refractivity contribution < 1.29 is 9.53 Å². The molecule has 0 unspecified atom stereocenters. The van der Waals surface area contributed by atoms with Gasteiger partial charge in [0.1, 0.15) is 5.82 Å². The van der Waals surface area contributed by atoms with Crippen molar-refractivity contribution in [3.05, 3.63) is 59.8 Å². The smallest absolute Gasteiger partial charge is 0.318 e. The number of urea groups is 1. The fraction of sp³-hybridized carbons (Fsp3) is 0.455. The van der Waals surface area contributed by atoms with Gasteiger partial charge in [0.2, 0.25) is 0 Å². The number of aromatic nitrogens is 1. The number of hydrogen-bond donors (Lipinski definition) is 1. The molecule has 154 valence electrons. The average Bonchev–Trinajstić information content (AvgIpc) is 2.79. The molecular formula is C22H29N5O2. The summed E-state index contributed by atoms with van der Waals surface area (Å²) < 4.78 is 5.45. The number of hydrogen-bond acceptors (Lipinski definition) is 5. The lowest BCUT2D eigenvalue weighted by Crippen LogP contribution is -2.52. The standard InChI is InChI=1S/C22H29N5O2/c1-25-10-11-27(20(17-25)18-6-3-2-4-7-18)22(28)24-16-19-8-5-9-23-21(19)26-12-14-29-15-13-26/h2-9,20H,10-17H2,1H3,(H,24,28)/t20-/m1/s1. The molecule has 0 saturated carbocycles. The van der Waals surface area contributed by atoms with Crippen LogP contribution < -0.4 is 10.2 Å². The lowest BCUT2D eigenvalue weighted by molar-refractivity contribution is 0.108. The van der Waals surface area contributed by atoms with Gasteiger partial charge in [-0.15, -0.1) is 0 Å². The summed E-state index contributed by atoms with van der Waals surface area (Å²) in [6.07, 6.45) is 1.81. The summed E-state index contributed by atoms with van der Waals surface area (Å²) in [6, 6.07) is 14.3. The molecule has 0 bridgehead atoms. The van der Waals surface area contributed by atoms with Gasteiger partial charge in [-0.3, -0.25) is 0 Å². The van der Waals surface area contributed by atoms with Crippen molar-refractivity contribution in [2.75, 3.05) is 57.9 Å². The van der Waals surface area contributed by atoms with Crippen molar-refractivity contribution in [2.24, 2.45) is 0 Å². The number of piperazine rings is 1. The van der Waals surface area contributed by atoms with Crippen LogP contribution in [0, 0.1) is 0 Å². The third kappa shape index (κ3) is 4.68. The summed E-state index contributed by atoms with van der Waals surface area (Å²) >= 11 is 0. The molecule has 29 heavy (non-hydrogen) atoms. The maximum Gasteiger partial charge on any atom is 0.318 e. The largest absolute Gasteiger partial charge is 0.378 e. The number of nitrogens with zero attached hydrogens (tertiary/aromatic N) is 4. The Bertz CT molecular complexity index is 810. The summed E-state index contributed by atoms with van der Waals surface area (Å²) in [6.45, 7) is 5.97. The first-order valence-electron chi connectivity index (χ1n) is 10.3. The van der Waals surface area contributed by atoms with Crippen molar-refractivity contribution in [2.45, 2.75) is 12.6 Å². The highest BCUT2D eigenvalue weighted by Crippen LogP contribution is 2.25. The van der Waals surface area contributed by atoms with Crippen LogP contribution in [0.2, 0.25) is 0 Å². The molecule has 2 saturated heterocycles. The van der Waals surface area contributed by atoms with E-state index in [9.17, 15) is 4.79 Å². The molecule has 7 heteroatoms. The SMILES string of the molecule is CN1CCN(C(=O)NCc2cccnc2N2CCOCC2)[C@@H](c2ccccc2)C1. The summed E-state index contributed by atoms with van der Waals surface area (Å²) in [7, 11) is 2.11. The number of benzene rings is 1. The van der Waals surface area contributed by atoms with E-state index in [0.717, 1.165) is 37.6 Å². The number of carbonyl (C=O) groups excluding carboxylic acids is 1. The van der Waals surface area contributed by atoms with Crippen molar-refractivity contribution in [1.29, 1.82) is 0 Å². The van der Waals surface area contributed by atoms with Gasteiger partial charge in [0.15, 0.2) is 0 Å². The molecule has 2 fully saturated rings. The van der Waals surface area contributed by atoms with Crippen molar-refractivity contribution >= 4 is 11.8 Å². The van der Waals surface area contributed by atoms with Crippen LogP contribution in [0.1, 0.15) is 17.2 Å². The number of pyridine rings is 1. The van der Waals surface area contributed by atoms with Gasteiger partial charge < -0.3 is 24.8 Å². The molecule has 0 aliphatic carbocycles. The number of ether oxygens (including phenoxy) is 1. The monoisotopic (exact) mass is 395 g/mol. The van der Waals surface area contributed by atoms with Crippen LogP contribution in [0.15, 0.2) is 48.7 Å². The van der Waals surface area contributed by atoms with Gasteiger partial charge in [-0.1, -0.05) is 36.4 Å². The van der Waals surface area contributed by atoms with Gasteiger partial charge in [-0.05, 0) is 18.7 Å². The molecule has 2 aliphatic heterocycles. The Morgan fingerprint density at radius 1 is 1.10 bits per heavy atom. The lowest BCUT2D eigenvalue weighted by atomic mass is 10.0. The van der Waals surface area contributed by atoms with Crippen molar-refractivity contribution in [1.82, 2.24) is 20.1 Å². The molecule has 2 aliphatic rings. The number of rotatable bonds is 4. The molecule has 1 aromatic carbocycles. The maximum absolute atomic E-state index is 13.1. The Hall–Kier alpha value is -2.64. The number of morpholine rings is 1. The Morgan fingerprint density at radius 3 is 2.69 bits per heavy atom. The molecule has 1 aromatic heterocycles. The number of amides is 2. The first-order valence-corrected chi connectivity index (χ1v) is 10.3. The second kappa shape index (κ2) is 9.24. The van der Waals surface area contributed by atoms with Gasteiger partial charge >= 0.3 is 6.03 Å². The topological polar surface area (TPSA) is 60.9 Å². The average molecular weight is 396 g/mol. The zero-order chi connectivity index (χ0) is 20.1. The van der Waals surface area contributed by atoms with Crippen LogP contribution >= 0.6 is 0 Å². The number of anilines is 1. The van der Waals surface area contributed by atoms with Crippen LogP contribution in [-0.4, -0.2) is 73.8 Å². The summed E-state index contributed by atoms with van der Waals surface area (Å²) in [5.41, 5.74) is 2.21. The van der Waals surface area contributed by atoms with Crippen LogP contribution in [0.25, 0.3) is 0 Å². The van der Waals surface area contributed by atoms with Crippen LogP contribution in [0.4, 0.5) is 10.6 Å². The predicted molar refractivity (Wildman–Crippen MR) is 113 cm³/mol. The van der Waals surface area contributed by atoms with E-state index in [0.29, 0.717) is 26.3 Å². The highest BCUT2D eigenvalue weighted by molar-refractivity contribution is 5.75. The number of likely N-dealkylation sites (N-methyl/N-ethyl adjacent to an activating group) is 1. The summed E-state index contributed by atoms with van der Waals surface area (Å²) in [5.74, 6) is 0.939. The second-order valence-electron chi connectivity index (χ2n) is 7.63. The minimum atomic E-state index is -0.0243. The Labute approximate surface area is 172 Å². The number of nitrogens with one attached hydrogen (secondary N) is 1. The zero-order valence-electron chi connectivity index (χ0n) is 17.0. The zero-order valence-corrected chi connectivity index (χ0v) is 17.0. The van der Waals surface area contributed by atoms with E-state index in [1.54, 1.807) is 0 Å². The van der Waals surface area contributed by atoms with Crippen LogP contribution in [0.3, 0.4) is 0 Å². The first kappa shape index (κ1) is 19.7. The normalized spacial score (nSPS) is 20.5. The van der Waals surface area contributed by atoms with E-state index in [2.05, 4.69) is 39.3 Å². The molecule has 3 heterocycles. The Balaban J connectivity index is 1.45. The van der Waals surface area contributed by atoms with Gasteiger partial charge in [0.25, 0.3) is 0 Å². The minimum Gasteiger partial charge on any atom is -0.378 e. The number of carbonyl (C=O) groups is 1. The van der Waals surface area contributed by atoms with E-state index in [1.165, 1.54) is 5.56 Å². The summed E-state index contributed by atoms with van der Waals surface area (Å²) in [4.78, 5) is 24.1. The van der Waals surface area contributed by atoms with E-state index in [-0.39, 0.29) is 12.1 Å². The third-order valence-corrected chi connectivity index (χ3v) is 5.64. The fourth-order valence-electron chi connectivity index (χ4n) is 4.02. The molecule has 1 N–H and O–H groups in total. The molecule has 2 aromatic rings. The fourth-order valence-corrected chi connectivity index (χ4v) is 4.02. The van der Waals surface area contributed by atoms with Gasteiger partial charge in [0, 0.05) is 51.0 Å². The van der Waals surface area contributed by atoms with Crippen LogP contribution in [0.5, 0.6) is 0 Å². The first-order chi connectivity index (χ1) is 14.2. The van der Waals surface area contributed by atoms with E-state index in [4.69, 9.17) is 4.74 Å². The molecule has 4 rings (SSSR count). The molecule has 0 radical (unpaired) electrons. The lowest BCUT2D eigenvalue weighted by Gasteiger charge is -2.40. The molecule has 1 atom stereocenters. The second-order valence-corrected chi connectivity index (χ2v) is 7.63. The van der Waals surface area contributed by atoms with Crippen LogP contribution in [-0.2, 0) is 11.3 Å². The molecular weight excluding hydrogens is 366 g/mol. The van der Waals surface area contributed by atoms with E-state index >= 15 is 0 Å². The van der Waals surface area contributed by atoms with E-state index in [1.807, 2.05) is 41.4 Å². The maximum atomic E-state index is 13.1. The Kier molecular flexibility index (Phi) is 6.27. The minimum absolute atomic E-state index is 0.0243. The van der Waals surface area contributed by atoms with Gasteiger partial charge in [-0.2, -0.15) is 0 Å². The quantitative estimate of drug-likeness (QED) is 0.859.